The van der Waals surface area contributed by atoms with Gasteiger partial charge in [-0.25, -0.2) is 4.79 Å². The van der Waals surface area contributed by atoms with E-state index in [2.05, 4.69) is 27.7 Å². The van der Waals surface area contributed by atoms with Crippen molar-refractivity contribution in [2.75, 3.05) is 19.2 Å². The average molecular weight is 222 g/mol. The Morgan fingerprint density at radius 2 is 1.64 bits per heavy atom. The van der Waals surface area contributed by atoms with E-state index in [0.717, 1.165) is 0 Å². The Morgan fingerprint density at radius 1 is 1.21 bits per heavy atom. The molecule has 3 nitrogen and oxygen atoms in total. The molecule has 84 valence electrons. The Balaban J connectivity index is 4.15. The smallest absolute Gasteiger partial charge is 0.410 e. The highest BCUT2D eigenvalue weighted by Gasteiger charge is 2.16. The minimum absolute atomic E-state index is 0.0779. The molecular weight excluding hydrogens is 202 g/mol. The molecule has 0 atom stereocenters. The van der Waals surface area contributed by atoms with E-state index < -0.39 is 0 Å². The molecule has 0 radical (unpaired) electrons. The molecule has 1 amide bonds. The van der Waals surface area contributed by atoms with Gasteiger partial charge in [0.05, 0.1) is 0 Å². The summed E-state index contributed by atoms with van der Waals surface area (Å²) in [4.78, 5) is 13.1. The number of nitrogens with zero attached hydrogens (tertiary/aromatic N) is 1. The maximum atomic E-state index is 11.4. The number of carbonyl (C=O) groups is 1. The van der Waals surface area contributed by atoms with Crippen LogP contribution in [0.3, 0.4) is 0 Å². The van der Waals surface area contributed by atoms with Gasteiger partial charge in [-0.05, 0) is 11.8 Å². The number of ether oxygens (including phenoxy) is 1. The fourth-order valence-corrected chi connectivity index (χ4v) is 1.34. The molecule has 4 heteroatoms. The van der Waals surface area contributed by atoms with E-state index in [4.69, 9.17) is 16.3 Å². The Morgan fingerprint density at radius 3 is 1.93 bits per heavy atom. The van der Waals surface area contributed by atoms with Crippen LogP contribution in [0, 0.1) is 11.8 Å². The minimum atomic E-state index is -0.317. The number of rotatable bonds is 5. The molecule has 0 saturated carbocycles. The lowest BCUT2D eigenvalue weighted by molar-refractivity contribution is 0.107. The first kappa shape index (κ1) is 13.6. The highest BCUT2D eigenvalue weighted by Crippen LogP contribution is 2.06. The molecule has 0 aliphatic rings. The summed E-state index contributed by atoms with van der Waals surface area (Å²) < 4.78 is 4.76. The second-order valence-electron chi connectivity index (χ2n) is 4.21. The van der Waals surface area contributed by atoms with Crippen molar-refractivity contribution in [2.24, 2.45) is 11.8 Å². The molecule has 0 heterocycles. The largest absolute Gasteiger partial charge is 0.433 e. The van der Waals surface area contributed by atoms with Gasteiger partial charge in [0.1, 0.15) is 0 Å². The quantitative estimate of drug-likeness (QED) is 0.668. The van der Waals surface area contributed by atoms with Crippen LogP contribution >= 0.6 is 11.6 Å². The number of amides is 1. The van der Waals surface area contributed by atoms with E-state index in [1.54, 1.807) is 4.90 Å². The summed E-state index contributed by atoms with van der Waals surface area (Å²) in [5.41, 5.74) is 0. The minimum Gasteiger partial charge on any atom is -0.433 e. The van der Waals surface area contributed by atoms with E-state index in [-0.39, 0.29) is 12.2 Å². The lowest BCUT2D eigenvalue weighted by Gasteiger charge is -2.25. The third-order valence-electron chi connectivity index (χ3n) is 1.61. The third-order valence-corrected chi connectivity index (χ3v) is 1.72. The normalized spacial score (nSPS) is 10.8. The standard InChI is InChI=1S/C10H20ClNO2/c1-8(2)5-12(6-9(3)4)10(13)14-7-11/h8-9H,5-7H2,1-4H3. The van der Waals surface area contributed by atoms with Crippen LogP contribution in [0.5, 0.6) is 0 Å². The molecule has 14 heavy (non-hydrogen) atoms. The number of halogens is 1. The molecule has 0 spiro atoms. The monoisotopic (exact) mass is 221 g/mol. The van der Waals surface area contributed by atoms with Gasteiger partial charge >= 0.3 is 6.09 Å². The fraction of sp³-hybridized carbons (Fsp3) is 0.900. The highest BCUT2D eigenvalue weighted by atomic mass is 35.5. The molecule has 0 N–H and O–H groups in total. The topological polar surface area (TPSA) is 29.5 Å². The molecule has 0 aliphatic heterocycles. The first-order chi connectivity index (χ1) is 6.47. The first-order valence-corrected chi connectivity index (χ1v) is 5.48. The molecule has 0 aromatic heterocycles. The van der Waals surface area contributed by atoms with Gasteiger partial charge in [-0.3, -0.25) is 0 Å². The van der Waals surface area contributed by atoms with Gasteiger partial charge in [-0.15, -0.1) is 0 Å². The van der Waals surface area contributed by atoms with Crippen molar-refractivity contribution >= 4 is 17.7 Å². The molecule has 0 saturated heterocycles. The van der Waals surface area contributed by atoms with Gasteiger partial charge in [-0.1, -0.05) is 39.3 Å². The lowest BCUT2D eigenvalue weighted by atomic mass is 10.1. The summed E-state index contributed by atoms with van der Waals surface area (Å²) in [6, 6.07) is -0.0779. The van der Waals surface area contributed by atoms with Crippen LogP contribution in [-0.2, 0) is 4.74 Å². The maximum Gasteiger partial charge on any atom is 0.410 e. The third kappa shape index (κ3) is 6.08. The maximum absolute atomic E-state index is 11.4. The Labute approximate surface area is 91.4 Å². The summed E-state index contributed by atoms with van der Waals surface area (Å²) in [6.45, 7) is 9.72. The number of alkyl halides is 1. The Bertz CT molecular complexity index is 162. The van der Waals surface area contributed by atoms with Crippen molar-refractivity contribution in [2.45, 2.75) is 27.7 Å². The molecule has 0 bridgehead atoms. The van der Waals surface area contributed by atoms with Gasteiger partial charge in [0.2, 0.25) is 0 Å². The van der Waals surface area contributed by atoms with E-state index in [0.29, 0.717) is 24.9 Å². The molecule has 0 aromatic carbocycles. The van der Waals surface area contributed by atoms with Crippen molar-refractivity contribution in [1.82, 2.24) is 4.90 Å². The van der Waals surface area contributed by atoms with Gasteiger partial charge in [-0.2, -0.15) is 0 Å². The summed E-state index contributed by atoms with van der Waals surface area (Å²) in [5, 5.41) is 0. The lowest BCUT2D eigenvalue weighted by Crippen LogP contribution is -2.37. The molecular formula is C10H20ClNO2. The van der Waals surface area contributed by atoms with Crippen LogP contribution in [0.15, 0.2) is 0 Å². The predicted octanol–water partition coefficient (Wildman–Crippen LogP) is 2.93. The van der Waals surface area contributed by atoms with E-state index in [9.17, 15) is 4.79 Å². The van der Waals surface area contributed by atoms with E-state index in [1.165, 1.54) is 0 Å². The molecule has 0 fully saturated rings. The van der Waals surface area contributed by atoms with Crippen molar-refractivity contribution < 1.29 is 9.53 Å². The zero-order valence-electron chi connectivity index (χ0n) is 9.42. The molecule has 0 aromatic rings. The van der Waals surface area contributed by atoms with Crippen LogP contribution < -0.4 is 0 Å². The van der Waals surface area contributed by atoms with Crippen LogP contribution in [0.1, 0.15) is 27.7 Å². The number of carbonyl (C=O) groups excluding carboxylic acids is 1. The van der Waals surface area contributed by atoms with Crippen molar-refractivity contribution in [3.8, 4) is 0 Å². The molecule has 0 rings (SSSR count). The van der Waals surface area contributed by atoms with Crippen LogP contribution in [-0.4, -0.2) is 30.1 Å². The van der Waals surface area contributed by atoms with Crippen molar-refractivity contribution in [1.29, 1.82) is 0 Å². The van der Waals surface area contributed by atoms with Gasteiger partial charge in [0.25, 0.3) is 0 Å². The predicted molar refractivity (Wildman–Crippen MR) is 58.5 cm³/mol. The van der Waals surface area contributed by atoms with E-state index in [1.807, 2.05) is 0 Å². The Hall–Kier alpha value is -0.440. The van der Waals surface area contributed by atoms with E-state index >= 15 is 0 Å². The second kappa shape index (κ2) is 6.93. The summed E-state index contributed by atoms with van der Waals surface area (Å²) in [5.74, 6) is 0.883. The molecule has 0 unspecified atom stereocenters. The first-order valence-electron chi connectivity index (χ1n) is 4.95. The number of hydrogen-bond acceptors (Lipinski definition) is 2. The second-order valence-corrected chi connectivity index (χ2v) is 4.43. The van der Waals surface area contributed by atoms with Crippen LogP contribution in [0.2, 0.25) is 0 Å². The Kier molecular flexibility index (Phi) is 6.71. The number of hydrogen-bond donors (Lipinski definition) is 0. The highest BCUT2D eigenvalue weighted by molar-refractivity contribution is 6.17. The van der Waals surface area contributed by atoms with Gasteiger partial charge in [0, 0.05) is 13.1 Å². The summed E-state index contributed by atoms with van der Waals surface area (Å²) >= 11 is 5.34. The fourth-order valence-electron chi connectivity index (χ4n) is 1.24. The van der Waals surface area contributed by atoms with Gasteiger partial charge in [0.15, 0.2) is 6.07 Å². The zero-order valence-corrected chi connectivity index (χ0v) is 10.2. The molecule has 0 aliphatic carbocycles. The summed E-state index contributed by atoms with van der Waals surface area (Å²) in [6.07, 6.45) is -0.317. The summed E-state index contributed by atoms with van der Waals surface area (Å²) in [7, 11) is 0. The van der Waals surface area contributed by atoms with Gasteiger partial charge < -0.3 is 9.64 Å². The van der Waals surface area contributed by atoms with Crippen molar-refractivity contribution in [3.63, 3.8) is 0 Å². The zero-order chi connectivity index (χ0) is 11.1. The SMILES string of the molecule is CC(C)CN(CC(C)C)C(=O)OCCl. The van der Waals surface area contributed by atoms with Crippen LogP contribution in [0.25, 0.3) is 0 Å². The average Bonchev–Trinajstić information content (AvgIpc) is 2.01. The van der Waals surface area contributed by atoms with Crippen molar-refractivity contribution in [3.05, 3.63) is 0 Å². The van der Waals surface area contributed by atoms with Crippen LogP contribution in [0.4, 0.5) is 4.79 Å².